The molecule has 1 aliphatic rings. The Labute approximate surface area is 107 Å². The van der Waals surface area contributed by atoms with E-state index in [2.05, 4.69) is 5.32 Å². The summed E-state index contributed by atoms with van der Waals surface area (Å²) in [5.74, 6) is -0.135. The summed E-state index contributed by atoms with van der Waals surface area (Å²) in [6.45, 7) is -0.0727. The van der Waals surface area contributed by atoms with Crippen LogP contribution in [0.5, 0.6) is 0 Å². The fraction of sp³-hybridized carbons (Fsp3) is 0.500. The number of aliphatic hydroxyl groups is 1. The lowest BCUT2D eigenvalue weighted by Crippen LogP contribution is -2.60. The highest BCUT2D eigenvalue weighted by atomic mass is 16.3. The van der Waals surface area contributed by atoms with Crippen LogP contribution in [-0.2, 0) is 11.2 Å². The van der Waals surface area contributed by atoms with E-state index in [1.54, 1.807) is 0 Å². The van der Waals surface area contributed by atoms with Gasteiger partial charge < -0.3 is 16.2 Å². The van der Waals surface area contributed by atoms with Crippen LogP contribution in [0.3, 0.4) is 0 Å². The molecule has 1 aromatic carbocycles. The number of nitrogens with two attached hydrogens (primary N) is 1. The average Bonchev–Trinajstić information content (AvgIpc) is 2.36. The van der Waals surface area contributed by atoms with Gasteiger partial charge in [0, 0.05) is 0 Å². The predicted octanol–water partition coefficient (Wildman–Crippen LogP) is 0.588. The standard InChI is InChI=1S/C14H20N2O2/c15-14(7-4-8-14)13(18)16-12(10-17)9-11-5-2-1-3-6-11/h1-3,5-6,12,17H,4,7-10,15H2,(H,16,18). The second kappa shape index (κ2) is 5.50. The summed E-state index contributed by atoms with van der Waals surface area (Å²) in [6, 6.07) is 9.54. The van der Waals surface area contributed by atoms with Crippen molar-refractivity contribution >= 4 is 5.91 Å². The Balaban J connectivity index is 1.91. The monoisotopic (exact) mass is 248 g/mol. The van der Waals surface area contributed by atoms with Crippen LogP contribution in [0.4, 0.5) is 0 Å². The summed E-state index contributed by atoms with van der Waals surface area (Å²) in [7, 11) is 0. The Morgan fingerprint density at radius 2 is 2.06 bits per heavy atom. The molecule has 1 amide bonds. The van der Waals surface area contributed by atoms with E-state index < -0.39 is 5.54 Å². The number of carbonyl (C=O) groups excluding carboxylic acids is 1. The van der Waals surface area contributed by atoms with Gasteiger partial charge in [-0.3, -0.25) is 4.79 Å². The molecule has 0 bridgehead atoms. The molecule has 0 radical (unpaired) electrons. The van der Waals surface area contributed by atoms with E-state index in [-0.39, 0.29) is 18.6 Å². The fourth-order valence-corrected chi connectivity index (χ4v) is 2.17. The number of rotatable bonds is 5. The summed E-state index contributed by atoms with van der Waals surface area (Å²) in [6.07, 6.45) is 3.11. The number of nitrogens with one attached hydrogen (secondary N) is 1. The van der Waals surface area contributed by atoms with Gasteiger partial charge >= 0.3 is 0 Å². The van der Waals surface area contributed by atoms with Crippen LogP contribution in [0.15, 0.2) is 30.3 Å². The van der Waals surface area contributed by atoms with Gasteiger partial charge in [0.15, 0.2) is 0 Å². The third-order valence-corrected chi connectivity index (χ3v) is 3.58. The highest BCUT2D eigenvalue weighted by Gasteiger charge is 2.40. The van der Waals surface area contributed by atoms with Crippen molar-refractivity contribution < 1.29 is 9.90 Å². The topological polar surface area (TPSA) is 75.4 Å². The third kappa shape index (κ3) is 2.89. The van der Waals surface area contributed by atoms with Crippen molar-refractivity contribution in [2.24, 2.45) is 5.73 Å². The number of amides is 1. The number of aliphatic hydroxyl groups excluding tert-OH is 1. The molecule has 0 spiro atoms. The molecule has 18 heavy (non-hydrogen) atoms. The number of carbonyl (C=O) groups is 1. The Morgan fingerprint density at radius 3 is 2.56 bits per heavy atom. The van der Waals surface area contributed by atoms with Crippen LogP contribution in [0.1, 0.15) is 24.8 Å². The zero-order valence-corrected chi connectivity index (χ0v) is 10.4. The summed E-state index contributed by atoms with van der Waals surface area (Å²) < 4.78 is 0. The van der Waals surface area contributed by atoms with Gasteiger partial charge in [-0.05, 0) is 31.2 Å². The van der Waals surface area contributed by atoms with Gasteiger partial charge in [0.25, 0.3) is 0 Å². The van der Waals surface area contributed by atoms with E-state index in [0.29, 0.717) is 6.42 Å². The van der Waals surface area contributed by atoms with Crippen LogP contribution in [0, 0.1) is 0 Å². The Kier molecular flexibility index (Phi) is 3.99. The lowest BCUT2D eigenvalue weighted by molar-refractivity contribution is -0.130. The molecular weight excluding hydrogens is 228 g/mol. The summed E-state index contributed by atoms with van der Waals surface area (Å²) in [5, 5.41) is 12.2. The van der Waals surface area contributed by atoms with Gasteiger partial charge in [-0.1, -0.05) is 30.3 Å². The Hall–Kier alpha value is -1.39. The first-order valence-corrected chi connectivity index (χ1v) is 6.39. The summed E-state index contributed by atoms with van der Waals surface area (Å²) in [4.78, 5) is 12.0. The first-order chi connectivity index (χ1) is 8.64. The van der Waals surface area contributed by atoms with Gasteiger partial charge in [0.2, 0.25) is 5.91 Å². The third-order valence-electron chi connectivity index (χ3n) is 3.58. The van der Waals surface area contributed by atoms with Crippen LogP contribution >= 0.6 is 0 Å². The molecule has 0 aromatic heterocycles. The molecule has 1 fully saturated rings. The molecule has 4 nitrogen and oxygen atoms in total. The molecule has 4 N–H and O–H groups in total. The molecule has 1 unspecified atom stereocenters. The van der Waals surface area contributed by atoms with E-state index in [1.165, 1.54) is 0 Å². The van der Waals surface area contributed by atoms with Crippen molar-refractivity contribution in [2.45, 2.75) is 37.3 Å². The quantitative estimate of drug-likeness (QED) is 0.714. The Bertz CT molecular complexity index is 402. The number of hydrogen-bond donors (Lipinski definition) is 3. The highest BCUT2D eigenvalue weighted by Crippen LogP contribution is 2.29. The van der Waals surface area contributed by atoms with E-state index in [9.17, 15) is 9.90 Å². The van der Waals surface area contributed by atoms with Crippen molar-refractivity contribution in [1.82, 2.24) is 5.32 Å². The molecular formula is C14H20N2O2. The SMILES string of the molecule is NC1(C(=O)NC(CO)Cc2ccccc2)CCC1. The summed E-state index contributed by atoms with van der Waals surface area (Å²) in [5.41, 5.74) is 6.34. The second-order valence-electron chi connectivity index (χ2n) is 5.05. The van der Waals surface area contributed by atoms with E-state index >= 15 is 0 Å². The molecule has 0 heterocycles. The minimum absolute atomic E-state index is 0.0727. The van der Waals surface area contributed by atoms with Gasteiger partial charge in [-0.2, -0.15) is 0 Å². The summed E-state index contributed by atoms with van der Waals surface area (Å²) >= 11 is 0. The maximum atomic E-state index is 12.0. The zero-order chi connectivity index (χ0) is 13.0. The smallest absolute Gasteiger partial charge is 0.240 e. The Morgan fingerprint density at radius 1 is 1.39 bits per heavy atom. The number of benzene rings is 1. The van der Waals surface area contributed by atoms with E-state index in [0.717, 1.165) is 24.8 Å². The lowest BCUT2D eigenvalue weighted by Gasteiger charge is -2.37. The molecule has 4 heteroatoms. The lowest BCUT2D eigenvalue weighted by atomic mass is 9.77. The van der Waals surface area contributed by atoms with Gasteiger partial charge in [0.1, 0.15) is 0 Å². The van der Waals surface area contributed by atoms with Gasteiger partial charge in [-0.25, -0.2) is 0 Å². The second-order valence-corrected chi connectivity index (χ2v) is 5.05. The normalized spacial score (nSPS) is 18.8. The fourth-order valence-electron chi connectivity index (χ4n) is 2.17. The van der Waals surface area contributed by atoms with Crippen molar-refractivity contribution in [2.75, 3.05) is 6.61 Å². The molecule has 98 valence electrons. The highest BCUT2D eigenvalue weighted by molar-refractivity contribution is 5.87. The molecule has 0 saturated heterocycles. The molecule has 0 aliphatic heterocycles. The average molecular weight is 248 g/mol. The van der Waals surface area contributed by atoms with Crippen LogP contribution in [0.25, 0.3) is 0 Å². The maximum Gasteiger partial charge on any atom is 0.240 e. The van der Waals surface area contributed by atoms with Crippen molar-refractivity contribution in [3.63, 3.8) is 0 Å². The van der Waals surface area contributed by atoms with Crippen molar-refractivity contribution in [1.29, 1.82) is 0 Å². The molecule has 1 saturated carbocycles. The number of hydrogen-bond acceptors (Lipinski definition) is 3. The zero-order valence-electron chi connectivity index (χ0n) is 10.4. The first-order valence-electron chi connectivity index (χ1n) is 6.39. The van der Waals surface area contributed by atoms with Crippen molar-refractivity contribution in [3.8, 4) is 0 Å². The maximum absolute atomic E-state index is 12.0. The van der Waals surface area contributed by atoms with Gasteiger partial charge in [-0.15, -0.1) is 0 Å². The van der Waals surface area contributed by atoms with Crippen LogP contribution in [-0.4, -0.2) is 29.2 Å². The van der Waals surface area contributed by atoms with E-state index in [1.807, 2.05) is 30.3 Å². The van der Waals surface area contributed by atoms with Crippen LogP contribution < -0.4 is 11.1 Å². The van der Waals surface area contributed by atoms with Crippen molar-refractivity contribution in [3.05, 3.63) is 35.9 Å². The van der Waals surface area contributed by atoms with Gasteiger partial charge in [0.05, 0.1) is 18.2 Å². The molecule has 1 atom stereocenters. The molecule has 1 aliphatic carbocycles. The largest absolute Gasteiger partial charge is 0.394 e. The van der Waals surface area contributed by atoms with E-state index in [4.69, 9.17) is 5.73 Å². The minimum atomic E-state index is -0.704. The molecule has 2 rings (SSSR count). The first kappa shape index (κ1) is 13.1. The molecule has 1 aromatic rings. The van der Waals surface area contributed by atoms with Crippen LogP contribution in [0.2, 0.25) is 0 Å². The minimum Gasteiger partial charge on any atom is -0.394 e. The predicted molar refractivity (Wildman–Crippen MR) is 69.9 cm³/mol.